The van der Waals surface area contributed by atoms with Gasteiger partial charge in [0, 0.05) is 12.0 Å². The zero-order valence-corrected chi connectivity index (χ0v) is 10.8. The summed E-state index contributed by atoms with van der Waals surface area (Å²) in [6, 6.07) is 2.61. The van der Waals surface area contributed by atoms with Gasteiger partial charge in [0.1, 0.15) is 5.75 Å². The van der Waals surface area contributed by atoms with Crippen molar-refractivity contribution in [3.63, 3.8) is 0 Å². The van der Waals surface area contributed by atoms with Gasteiger partial charge in [-0.3, -0.25) is 14.9 Å². The van der Waals surface area contributed by atoms with Crippen LogP contribution in [0, 0.1) is 16.0 Å². The number of hydrogen-bond donors (Lipinski definition) is 0. The molecule has 0 N–H and O–H groups in total. The zero-order chi connectivity index (χ0) is 14.8. The molecule has 104 valence electrons. The number of benzene rings is 1. The number of rotatable bonds is 5. The van der Waals surface area contributed by atoms with E-state index in [4.69, 9.17) is 0 Å². The molecule has 0 bridgehead atoms. The average molecular weight is 291 g/mol. The molecule has 0 radical (unpaired) electrons. The fraction of sp³-hybridized carbons (Fsp3) is 0.300. The number of ketones is 1. The van der Waals surface area contributed by atoms with E-state index in [1.807, 2.05) is 0 Å². The van der Waals surface area contributed by atoms with Gasteiger partial charge in [0.15, 0.2) is 5.78 Å². The van der Waals surface area contributed by atoms with Gasteiger partial charge in [-0.1, -0.05) is 17.7 Å². The highest BCUT2D eigenvalue weighted by atomic mass is 32.3. The Kier molecular flexibility index (Phi) is 4.20. The first kappa shape index (κ1) is 15.0. The fourth-order valence-electron chi connectivity index (χ4n) is 1.35. The summed E-state index contributed by atoms with van der Waals surface area (Å²) in [5.41, 5.74) is -0.830. The lowest BCUT2D eigenvalue weighted by Crippen LogP contribution is -2.11. The molecule has 9 heteroatoms. The number of halogens is 1. The van der Waals surface area contributed by atoms with Gasteiger partial charge < -0.3 is 4.18 Å². The van der Waals surface area contributed by atoms with Crippen molar-refractivity contribution in [1.82, 2.24) is 0 Å². The molecular weight excluding hydrogens is 281 g/mol. The zero-order valence-electron chi connectivity index (χ0n) is 9.99. The molecule has 0 amide bonds. The molecule has 1 aromatic carbocycles. The summed E-state index contributed by atoms with van der Waals surface area (Å²) in [5.74, 6) is -1.62. The van der Waals surface area contributed by atoms with Gasteiger partial charge in [0.2, 0.25) is 0 Å². The second-order valence-electron chi connectivity index (χ2n) is 3.93. The van der Waals surface area contributed by atoms with E-state index in [2.05, 4.69) is 4.18 Å². The summed E-state index contributed by atoms with van der Waals surface area (Å²) in [6.45, 7) is 3.04. The smallest absolute Gasteiger partial charge is 0.358 e. The maximum atomic E-state index is 12.4. The first-order valence-electron chi connectivity index (χ1n) is 5.08. The van der Waals surface area contributed by atoms with E-state index < -0.39 is 38.6 Å². The predicted octanol–water partition coefficient (Wildman–Crippen LogP) is 2.03. The number of Topliss-reactive ketones (excluding diaryl/α,β-unsaturated/α-hetero) is 1. The highest BCUT2D eigenvalue weighted by molar-refractivity contribution is 7.81. The van der Waals surface area contributed by atoms with Crippen molar-refractivity contribution in [3.8, 4) is 5.75 Å². The molecule has 0 aliphatic heterocycles. The Balaban J connectivity index is 3.34. The normalized spacial score (nSPS) is 11.4. The molecule has 1 aromatic rings. The Morgan fingerprint density at radius 3 is 2.42 bits per heavy atom. The van der Waals surface area contributed by atoms with Gasteiger partial charge in [-0.2, -0.15) is 8.42 Å². The highest BCUT2D eigenvalue weighted by Gasteiger charge is 2.24. The number of nitrogens with zero attached hydrogens (tertiary/aromatic N) is 1. The second kappa shape index (κ2) is 5.31. The van der Waals surface area contributed by atoms with Crippen molar-refractivity contribution < 1.29 is 26.2 Å². The molecule has 0 unspecified atom stereocenters. The van der Waals surface area contributed by atoms with Crippen LogP contribution in [-0.2, 0) is 10.5 Å². The van der Waals surface area contributed by atoms with Crippen molar-refractivity contribution >= 4 is 22.0 Å². The van der Waals surface area contributed by atoms with Crippen molar-refractivity contribution in [1.29, 1.82) is 0 Å². The van der Waals surface area contributed by atoms with Crippen LogP contribution in [0.3, 0.4) is 0 Å². The van der Waals surface area contributed by atoms with Crippen LogP contribution < -0.4 is 4.18 Å². The second-order valence-corrected chi connectivity index (χ2v) is 4.88. The van der Waals surface area contributed by atoms with E-state index in [1.54, 1.807) is 0 Å². The highest BCUT2D eigenvalue weighted by Crippen LogP contribution is 2.27. The molecule has 0 aromatic heterocycles. The lowest BCUT2D eigenvalue weighted by Gasteiger charge is -2.07. The van der Waals surface area contributed by atoms with Crippen LogP contribution >= 0.6 is 0 Å². The molecule has 0 spiro atoms. The Labute approximate surface area is 108 Å². The lowest BCUT2D eigenvalue weighted by atomic mass is 9.99. The Hall–Kier alpha value is -2.03. The van der Waals surface area contributed by atoms with Crippen LogP contribution in [0.25, 0.3) is 0 Å². The molecule has 0 atom stereocenters. The molecular formula is C10H10FNO6S. The SMILES string of the molecule is CC(C)C(=O)c1cc(OS(=O)(=O)F)ccc1[N+](=O)[O-]. The van der Waals surface area contributed by atoms with Crippen molar-refractivity contribution in [2.75, 3.05) is 0 Å². The quantitative estimate of drug-likeness (QED) is 0.356. The number of hydrogen-bond acceptors (Lipinski definition) is 6. The van der Waals surface area contributed by atoms with Crippen molar-refractivity contribution in [2.24, 2.45) is 5.92 Å². The minimum atomic E-state index is -5.25. The molecule has 1 rings (SSSR count). The molecule has 0 heterocycles. The van der Waals surface area contributed by atoms with Gasteiger partial charge in [0.25, 0.3) is 5.69 Å². The Morgan fingerprint density at radius 1 is 1.42 bits per heavy atom. The van der Waals surface area contributed by atoms with Gasteiger partial charge in [0.05, 0.1) is 10.5 Å². The minimum absolute atomic E-state index is 0.332. The van der Waals surface area contributed by atoms with Gasteiger partial charge in [-0.15, -0.1) is 0 Å². The van der Waals surface area contributed by atoms with Crippen LogP contribution in [0.4, 0.5) is 9.57 Å². The minimum Gasteiger partial charge on any atom is -0.358 e. The first-order chi connectivity index (χ1) is 8.61. The van der Waals surface area contributed by atoms with E-state index in [0.717, 1.165) is 18.2 Å². The van der Waals surface area contributed by atoms with E-state index in [0.29, 0.717) is 0 Å². The van der Waals surface area contributed by atoms with E-state index in [9.17, 15) is 27.2 Å². The number of carbonyl (C=O) groups excluding carboxylic acids is 1. The molecule has 0 saturated heterocycles. The molecule has 0 fully saturated rings. The Morgan fingerprint density at radius 2 is 2.00 bits per heavy atom. The number of nitro groups is 1. The summed E-state index contributed by atoms with van der Waals surface area (Å²) >= 11 is 0. The van der Waals surface area contributed by atoms with E-state index in [-0.39, 0.29) is 5.56 Å². The molecule has 7 nitrogen and oxygen atoms in total. The van der Waals surface area contributed by atoms with Gasteiger partial charge >= 0.3 is 10.5 Å². The average Bonchev–Trinajstić information content (AvgIpc) is 2.25. The lowest BCUT2D eigenvalue weighted by molar-refractivity contribution is -0.385. The molecule has 19 heavy (non-hydrogen) atoms. The largest absolute Gasteiger partial charge is 0.488 e. The van der Waals surface area contributed by atoms with Crippen molar-refractivity contribution in [2.45, 2.75) is 13.8 Å². The topological polar surface area (TPSA) is 104 Å². The van der Waals surface area contributed by atoms with Crippen molar-refractivity contribution in [3.05, 3.63) is 33.9 Å². The van der Waals surface area contributed by atoms with Crippen LogP contribution in [0.15, 0.2) is 18.2 Å². The standard InChI is InChI=1S/C10H10FNO6S/c1-6(2)10(13)8-5-7(18-19(11,16)17)3-4-9(8)12(14)15/h3-6H,1-2H3. The van der Waals surface area contributed by atoms with Crippen LogP contribution in [0.5, 0.6) is 5.75 Å². The number of carbonyl (C=O) groups is 1. The van der Waals surface area contributed by atoms with Crippen LogP contribution in [0.1, 0.15) is 24.2 Å². The van der Waals surface area contributed by atoms with Crippen LogP contribution in [0.2, 0.25) is 0 Å². The third kappa shape index (κ3) is 3.98. The van der Waals surface area contributed by atoms with Gasteiger partial charge in [-0.05, 0) is 12.1 Å². The Bertz CT molecular complexity index is 625. The molecule has 0 saturated carbocycles. The fourth-order valence-corrected chi connectivity index (χ4v) is 1.68. The third-order valence-electron chi connectivity index (χ3n) is 2.15. The van der Waals surface area contributed by atoms with Gasteiger partial charge in [-0.25, -0.2) is 0 Å². The number of nitro benzene ring substituents is 1. The first-order valence-corrected chi connectivity index (χ1v) is 6.39. The monoisotopic (exact) mass is 291 g/mol. The predicted molar refractivity (Wildman–Crippen MR) is 62.9 cm³/mol. The summed E-state index contributed by atoms with van der Waals surface area (Å²) < 4.78 is 36.9. The van der Waals surface area contributed by atoms with E-state index >= 15 is 0 Å². The van der Waals surface area contributed by atoms with E-state index in [1.165, 1.54) is 13.8 Å². The van der Waals surface area contributed by atoms with Crippen LogP contribution in [-0.4, -0.2) is 19.1 Å². The maximum Gasteiger partial charge on any atom is 0.488 e. The summed E-state index contributed by atoms with van der Waals surface area (Å²) in [6.07, 6.45) is 0. The summed E-state index contributed by atoms with van der Waals surface area (Å²) in [4.78, 5) is 21.8. The maximum absolute atomic E-state index is 12.4. The summed E-state index contributed by atoms with van der Waals surface area (Å²) in [7, 11) is -5.25. The molecule has 0 aliphatic carbocycles. The molecule has 0 aliphatic rings. The third-order valence-corrected chi connectivity index (χ3v) is 2.54. The summed E-state index contributed by atoms with van der Waals surface area (Å²) in [5, 5.41) is 10.8.